The maximum Gasteiger partial charge on any atom is 0.242 e. The lowest BCUT2D eigenvalue weighted by Gasteiger charge is -2.26. The van der Waals surface area contributed by atoms with Crippen LogP contribution in [0.1, 0.15) is 29.7 Å². The zero-order chi connectivity index (χ0) is 18.6. The minimum Gasteiger partial charge on any atom is -0.467 e. The number of benzene rings is 2. The minimum absolute atomic E-state index is 0.110. The Labute approximate surface area is 160 Å². The molecule has 1 aromatic heterocycles. The van der Waals surface area contributed by atoms with Crippen LogP contribution < -0.4 is 4.90 Å². The van der Waals surface area contributed by atoms with Crippen LogP contribution in [0, 0.1) is 0 Å². The van der Waals surface area contributed by atoms with Gasteiger partial charge in [-0.05, 0) is 29.3 Å². The van der Waals surface area contributed by atoms with Crippen molar-refractivity contribution in [3.8, 4) is 0 Å². The zero-order valence-electron chi connectivity index (χ0n) is 15.5. The van der Waals surface area contributed by atoms with Gasteiger partial charge in [-0.15, -0.1) is 0 Å². The van der Waals surface area contributed by atoms with Gasteiger partial charge in [0.2, 0.25) is 5.91 Å². The third-order valence-corrected chi connectivity index (χ3v) is 5.12. The van der Waals surface area contributed by atoms with Gasteiger partial charge in [-0.3, -0.25) is 4.79 Å². The Morgan fingerprint density at radius 3 is 2.59 bits per heavy atom. The number of amides is 1. The van der Waals surface area contributed by atoms with E-state index in [1.165, 1.54) is 11.3 Å². The molecule has 3 aromatic rings. The molecular weight excluding hydrogens is 336 g/mol. The number of carbonyl (C=O) groups excluding carboxylic acids is 1. The summed E-state index contributed by atoms with van der Waals surface area (Å²) in [5, 5.41) is 0. The highest BCUT2D eigenvalue weighted by Crippen LogP contribution is 2.35. The first kappa shape index (κ1) is 17.4. The van der Waals surface area contributed by atoms with Gasteiger partial charge in [0.05, 0.1) is 19.4 Å². The Hall–Kier alpha value is -3.01. The molecule has 138 valence electrons. The molecular formula is C23H24N2O2. The highest BCUT2D eigenvalue weighted by molar-refractivity contribution is 5.82. The van der Waals surface area contributed by atoms with Crippen molar-refractivity contribution in [1.82, 2.24) is 4.90 Å². The molecule has 1 aliphatic heterocycles. The third kappa shape index (κ3) is 3.90. The van der Waals surface area contributed by atoms with Crippen LogP contribution in [0.25, 0.3) is 0 Å². The first-order valence-corrected chi connectivity index (χ1v) is 9.38. The zero-order valence-corrected chi connectivity index (χ0v) is 15.5. The highest BCUT2D eigenvalue weighted by atomic mass is 16.3. The van der Waals surface area contributed by atoms with Crippen LogP contribution in [0.5, 0.6) is 0 Å². The number of furan rings is 1. The van der Waals surface area contributed by atoms with E-state index >= 15 is 0 Å². The summed E-state index contributed by atoms with van der Waals surface area (Å²) in [6.45, 7) is 4.53. The molecule has 1 atom stereocenters. The lowest BCUT2D eigenvalue weighted by atomic mass is 10.0. The molecule has 4 nitrogen and oxygen atoms in total. The Morgan fingerprint density at radius 1 is 1.04 bits per heavy atom. The Kier molecular flexibility index (Phi) is 4.97. The molecule has 1 aliphatic rings. The van der Waals surface area contributed by atoms with E-state index < -0.39 is 0 Å². The molecule has 1 amide bonds. The fourth-order valence-electron chi connectivity index (χ4n) is 3.76. The van der Waals surface area contributed by atoms with Crippen LogP contribution in [0.2, 0.25) is 0 Å². The van der Waals surface area contributed by atoms with Crippen molar-refractivity contribution in [3.05, 3.63) is 89.9 Å². The van der Waals surface area contributed by atoms with E-state index in [0.717, 1.165) is 17.9 Å². The van der Waals surface area contributed by atoms with E-state index in [0.29, 0.717) is 25.6 Å². The molecule has 1 unspecified atom stereocenters. The van der Waals surface area contributed by atoms with Gasteiger partial charge >= 0.3 is 0 Å². The second-order valence-electron chi connectivity index (χ2n) is 7.16. The number of hydrogen-bond acceptors (Lipinski definition) is 3. The van der Waals surface area contributed by atoms with E-state index in [1.807, 2.05) is 41.3 Å². The van der Waals surface area contributed by atoms with Crippen molar-refractivity contribution in [1.29, 1.82) is 0 Å². The van der Waals surface area contributed by atoms with Crippen LogP contribution in [0.4, 0.5) is 5.69 Å². The second kappa shape index (κ2) is 7.70. The van der Waals surface area contributed by atoms with Gasteiger partial charge in [-0.25, -0.2) is 0 Å². The standard InChI is InChI=1S/C23H24N2O2/c1-18-14-24(22-12-6-5-11-21(18)22)17-23(26)25(16-20-10-7-13-27-20)15-19-8-3-2-4-9-19/h2-13,18H,14-17H2,1H3. The SMILES string of the molecule is CC1CN(CC(=O)N(Cc2ccccc2)Cc2ccco2)c2ccccc21. The Morgan fingerprint density at radius 2 is 1.81 bits per heavy atom. The van der Waals surface area contributed by atoms with E-state index in [1.54, 1.807) is 6.26 Å². The lowest BCUT2D eigenvalue weighted by Crippen LogP contribution is -2.39. The molecule has 0 bridgehead atoms. The van der Waals surface area contributed by atoms with Crippen LogP contribution in [-0.4, -0.2) is 23.9 Å². The van der Waals surface area contributed by atoms with Gasteiger partial charge in [0.1, 0.15) is 5.76 Å². The van der Waals surface area contributed by atoms with Gasteiger partial charge < -0.3 is 14.2 Å². The quantitative estimate of drug-likeness (QED) is 0.652. The molecule has 4 heteroatoms. The van der Waals surface area contributed by atoms with Gasteiger partial charge in [0.15, 0.2) is 0 Å². The van der Waals surface area contributed by atoms with E-state index in [2.05, 4.69) is 42.2 Å². The summed E-state index contributed by atoms with van der Waals surface area (Å²) in [6.07, 6.45) is 1.65. The summed E-state index contributed by atoms with van der Waals surface area (Å²) >= 11 is 0. The molecule has 0 saturated heterocycles. The monoisotopic (exact) mass is 360 g/mol. The van der Waals surface area contributed by atoms with Crippen LogP contribution in [0.15, 0.2) is 77.4 Å². The fraction of sp³-hybridized carbons (Fsp3) is 0.261. The molecule has 2 heterocycles. The molecule has 0 saturated carbocycles. The van der Waals surface area contributed by atoms with Crippen molar-refractivity contribution < 1.29 is 9.21 Å². The summed E-state index contributed by atoms with van der Waals surface area (Å²) in [5.41, 5.74) is 3.62. The molecule has 0 fully saturated rings. The second-order valence-corrected chi connectivity index (χ2v) is 7.16. The van der Waals surface area contributed by atoms with Gasteiger partial charge in [-0.1, -0.05) is 55.5 Å². The number of fused-ring (bicyclic) bond motifs is 1. The first-order valence-electron chi connectivity index (χ1n) is 9.38. The molecule has 2 aromatic carbocycles. The normalized spacial score (nSPS) is 15.6. The van der Waals surface area contributed by atoms with Crippen molar-refractivity contribution in [2.45, 2.75) is 25.9 Å². The summed E-state index contributed by atoms with van der Waals surface area (Å²) in [4.78, 5) is 17.3. The maximum absolute atomic E-state index is 13.2. The third-order valence-electron chi connectivity index (χ3n) is 5.12. The van der Waals surface area contributed by atoms with E-state index in [9.17, 15) is 4.79 Å². The number of rotatable bonds is 6. The highest BCUT2D eigenvalue weighted by Gasteiger charge is 2.28. The number of para-hydroxylation sites is 1. The summed E-state index contributed by atoms with van der Waals surface area (Å²) in [7, 11) is 0. The maximum atomic E-state index is 13.2. The average molecular weight is 360 g/mol. The summed E-state index contributed by atoms with van der Waals surface area (Å²) < 4.78 is 5.49. The molecule has 0 spiro atoms. The smallest absolute Gasteiger partial charge is 0.242 e. The van der Waals surface area contributed by atoms with Crippen molar-refractivity contribution >= 4 is 11.6 Å². The van der Waals surface area contributed by atoms with Crippen LogP contribution in [-0.2, 0) is 17.9 Å². The molecule has 0 N–H and O–H groups in total. The number of anilines is 1. The molecule has 4 rings (SSSR count). The van der Waals surface area contributed by atoms with Gasteiger partial charge in [-0.2, -0.15) is 0 Å². The first-order chi connectivity index (χ1) is 13.2. The molecule has 27 heavy (non-hydrogen) atoms. The lowest BCUT2D eigenvalue weighted by molar-refractivity contribution is -0.131. The van der Waals surface area contributed by atoms with E-state index in [4.69, 9.17) is 4.42 Å². The summed E-state index contributed by atoms with van der Waals surface area (Å²) in [5.74, 6) is 1.36. The van der Waals surface area contributed by atoms with Crippen molar-refractivity contribution in [3.63, 3.8) is 0 Å². The molecule has 0 aliphatic carbocycles. The van der Waals surface area contributed by atoms with E-state index in [-0.39, 0.29) is 5.91 Å². The largest absolute Gasteiger partial charge is 0.467 e. The van der Waals surface area contributed by atoms with Crippen LogP contribution >= 0.6 is 0 Å². The minimum atomic E-state index is 0.110. The van der Waals surface area contributed by atoms with Gasteiger partial charge in [0.25, 0.3) is 0 Å². The summed E-state index contributed by atoms with van der Waals surface area (Å²) in [6, 6.07) is 22.3. The topological polar surface area (TPSA) is 36.7 Å². The fourth-order valence-corrected chi connectivity index (χ4v) is 3.76. The van der Waals surface area contributed by atoms with Crippen LogP contribution in [0.3, 0.4) is 0 Å². The Balaban J connectivity index is 1.52. The van der Waals surface area contributed by atoms with Crippen molar-refractivity contribution in [2.75, 3.05) is 18.0 Å². The number of carbonyl (C=O) groups is 1. The molecule has 0 radical (unpaired) electrons. The predicted molar refractivity (Wildman–Crippen MR) is 106 cm³/mol. The van der Waals surface area contributed by atoms with Gasteiger partial charge in [0, 0.05) is 24.7 Å². The average Bonchev–Trinajstić information content (AvgIpc) is 3.31. The number of nitrogens with zero attached hydrogens (tertiary/aromatic N) is 2. The van der Waals surface area contributed by atoms with Crippen molar-refractivity contribution in [2.24, 2.45) is 0 Å². The predicted octanol–water partition coefficient (Wildman–Crippen LogP) is 4.43. The number of hydrogen-bond donors (Lipinski definition) is 0. The Bertz CT molecular complexity index is 890.